The van der Waals surface area contributed by atoms with Crippen LogP contribution in [0, 0.1) is 13.8 Å². The summed E-state index contributed by atoms with van der Waals surface area (Å²) in [5, 5.41) is 0. The third-order valence-electron chi connectivity index (χ3n) is 5.40. The van der Waals surface area contributed by atoms with Crippen LogP contribution in [-0.4, -0.2) is 53.7 Å². The molecule has 1 aliphatic heterocycles. The number of nitrogens with one attached hydrogen (secondary N) is 1. The number of Topliss-reactive ketones (excluding diaryl/α,β-unsaturated/α-hetero) is 2. The Morgan fingerprint density at radius 2 is 1.65 bits per heavy atom. The molecule has 0 bridgehead atoms. The fourth-order valence-corrected chi connectivity index (χ4v) is 3.91. The van der Waals surface area contributed by atoms with Crippen molar-refractivity contribution in [2.45, 2.75) is 33.7 Å². The van der Waals surface area contributed by atoms with Crippen LogP contribution in [0.5, 0.6) is 0 Å². The molecule has 0 amide bonds. The second-order valence-electron chi connectivity index (χ2n) is 7.08. The molecule has 2 aromatic rings. The van der Waals surface area contributed by atoms with E-state index in [1.54, 1.807) is 6.92 Å². The predicted molar refractivity (Wildman–Crippen MR) is 104 cm³/mol. The number of benzene rings is 1. The summed E-state index contributed by atoms with van der Waals surface area (Å²) >= 11 is 0. The molecule has 1 fully saturated rings. The van der Waals surface area contributed by atoms with Crippen molar-refractivity contribution in [1.82, 2.24) is 9.88 Å². The average Bonchev–Trinajstić information content (AvgIpc) is 2.95. The molecule has 2 heterocycles. The highest BCUT2D eigenvalue weighted by atomic mass is 16.1. The number of aromatic nitrogens is 1. The van der Waals surface area contributed by atoms with E-state index in [1.165, 1.54) is 5.69 Å². The number of anilines is 1. The Labute approximate surface area is 155 Å². The Bertz CT molecular complexity index is 802. The van der Waals surface area contributed by atoms with Crippen LogP contribution < -0.4 is 4.90 Å². The van der Waals surface area contributed by atoms with Crippen molar-refractivity contribution in [3.63, 3.8) is 0 Å². The number of para-hydroxylation sites is 1. The molecule has 26 heavy (non-hydrogen) atoms. The molecule has 138 valence electrons. The van der Waals surface area contributed by atoms with Gasteiger partial charge in [-0.05, 0) is 45.4 Å². The van der Waals surface area contributed by atoms with Crippen LogP contribution in [0.3, 0.4) is 0 Å². The summed E-state index contributed by atoms with van der Waals surface area (Å²) in [6, 6.07) is 10.2. The summed E-state index contributed by atoms with van der Waals surface area (Å²) in [6.07, 6.45) is 0. The fourth-order valence-electron chi connectivity index (χ4n) is 3.91. The molecule has 1 atom stereocenters. The number of rotatable bonds is 5. The van der Waals surface area contributed by atoms with Crippen LogP contribution in [0.4, 0.5) is 5.69 Å². The molecule has 1 aromatic carbocycles. The van der Waals surface area contributed by atoms with Crippen molar-refractivity contribution < 1.29 is 9.59 Å². The van der Waals surface area contributed by atoms with Crippen molar-refractivity contribution in [1.29, 1.82) is 0 Å². The molecule has 3 rings (SSSR count). The van der Waals surface area contributed by atoms with Gasteiger partial charge in [-0.25, -0.2) is 0 Å². The van der Waals surface area contributed by atoms with Crippen LogP contribution in [0.15, 0.2) is 30.3 Å². The Morgan fingerprint density at radius 1 is 1.04 bits per heavy atom. The fraction of sp³-hybridized carbons (Fsp3) is 0.429. The Kier molecular flexibility index (Phi) is 5.28. The molecule has 1 aromatic heterocycles. The van der Waals surface area contributed by atoms with Crippen molar-refractivity contribution in [3.8, 4) is 0 Å². The summed E-state index contributed by atoms with van der Waals surface area (Å²) in [7, 11) is 0. The van der Waals surface area contributed by atoms with Crippen molar-refractivity contribution in [2.75, 3.05) is 31.1 Å². The Hall–Kier alpha value is -2.40. The van der Waals surface area contributed by atoms with Crippen molar-refractivity contribution in [2.24, 2.45) is 0 Å². The molecule has 0 aliphatic carbocycles. The van der Waals surface area contributed by atoms with Gasteiger partial charge in [0.1, 0.15) is 0 Å². The third-order valence-corrected chi connectivity index (χ3v) is 5.40. The smallest absolute Gasteiger partial charge is 0.196 e. The lowest BCUT2D eigenvalue weighted by molar-refractivity contribution is 0.0824. The van der Waals surface area contributed by atoms with E-state index >= 15 is 0 Å². The molecule has 0 unspecified atom stereocenters. The highest BCUT2D eigenvalue weighted by Gasteiger charge is 2.29. The van der Waals surface area contributed by atoms with Gasteiger partial charge in [0.15, 0.2) is 11.6 Å². The molecule has 1 aliphatic rings. The number of hydrogen-bond donors (Lipinski definition) is 1. The van der Waals surface area contributed by atoms with E-state index in [0.29, 0.717) is 11.3 Å². The Balaban J connectivity index is 1.69. The Morgan fingerprint density at radius 3 is 2.19 bits per heavy atom. The lowest BCUT2D eigenvalue weighted by Gasteiger charge is -2.38. The number of carbonyl (C=O) groups is 2. The van der Waals surface area contributed by atoms with Gasteiger partial charge in [-0.1, -0.05) is 18.2 Å². The van der Waals surface area contributed by atoms with Gasteiger partial charge < -0.3 is 9.88 Å². The van der Waals surface area contributed by atoms with E-state index in [1.807, 2.05) is 26.8 Å². The van der Waals surface area contributed by atoms with Gasteiger partial charge in [-0.2, -0.15) is 0 Å². The standard InChI is InChI=1S/C21H27N3O2/c1-14-19(17(4)25)15(2)22-20(14)21(26)16(3)23-10-12-24(13-11-23)18-8-6-5-7-9-18/h5-9,16,22H,10-13H2,1-4H3/t16-/m1/s1. The molecular weight excluding hydrogens is 326 g/mol. The van der Waals surface area contributed by atoms with Crippen LogP contribution in [-0.2, 0) is 0 Å². The van der Waals surface area contributed by atoms with E-state index in [-0.39, 0.29) is 17.6 Å². The normalized spacial score (nSPS) is 16.5. The van der Waals surface area contributed by atoms with Gasteiger partial charge in [-0.15, -0.1) is 0 Å². The monoisotopic (exact) mass is 353 g/mol. The van der Waals surface area contributed by atoms with E-state index < -0.39 is 0 Å². The van der Waals surface area contributed by atoms with Crippen LogP contribution in [0.25, 0.3) is 0 Å². The van der Waals surface area contributed by atoms with Gasteiger partial charge in [0.05, 0.1) is 11.7 Å². The highest BCUT2D eigenvalue weighted by Crippen LogP contribution is 2.22. The summed E-state index contributed by atoms with van der Waals surface area (Å²) in [6.45, 7) is 10.7. The summed E-state index contributed by atoms with van der Waals surface area (Å²) < 4.78 is 0. The van der Waals surface area contributed by atoms with Crippen LogP contribution in [0.1, 0.15) is 46.0 Å². The molecule has 0 radical (unpaired) electrons. The summed E-state index contributed by atoms with van der Waals surface area (Å²) in [5.74, 6) is 0.0608. The lowest BCUT2D eigenvalue weighted by Crippen LogP contribution is -2.51. The van der Waals surface area contributed by atoms with Crippen LogP contribution in [0.2, 0.25) is 0 Å². The first kappa shape index (κ1) is 18.4. The number of H-pyrrole nitrogens is 1. The van der Waals surface area contributed by atoms with Gasteiger partial charge >= 0.3 is 0 Å². The molecular formula is C21H27N3O2. The minimum absolute atomic E-state index is 0.000529. The number of aryl methyl sites for hydroxylation is 1. The first-order valence-corrected chi connectivity index (χ1v) is 9.18. The van der Waals surface area contributed by atoms with Crippen LogP contribution >= 0.6 is 0 Å². The number of hydrogen-bond acceptors (Lipinski definition) is 4. The van der Waals surface area contributed by atoms with E-state index in [4.69, 9.17) is 0 Å². The van der Waals surface area contributed by atoms with Gasteiger partial charge in [0.25, 0.3) is 0 Å². The van der Waals surface area contributed by atoms with Crippen molar-refractivity contribution in [3.05, 3.63) is 52.8 Å². The summed E-state index contributed by atoms with van der Waals surface area (Å²) in [4.78, 5) is 32.5. The number of carbonyl (C=O) groups excluding carboxylic acids is 2. The molecule has 5 heteroatoms. The number of ketones is 2. The second kappa shape index (κ2) is 7.46. The van der Waals surface area contributed by atoms with Gasteiger partial charge in [-0.3, -0.25) is 14.5 Å². The minimum Gasteiger partial charge on any atom is -0.369 e. The quantitative estimate of drug-likeness (QED) is 0.839. The first-order valence-electron chi connectivity index (χ1n) is 9.18. The molecule has 1 saturated heterocycles. The largest absolute Gasteiger partial charge is 0.369 e. The molecule has 1 N–H and O–H groups in total. The van der Waals surface area contributed by atoms with Gasteiger partial charge in [0.2, 0.25) is 0 Å². The maximum absolute atomic E-state index is 13.0. The summed E-state index contributed by atoms with van der Waals surface area (Å²) in [5.41, 5.74) is 4.00. The third kappa shape index (κ3) is 3.44. The second-order valence-corrected chi connectivity index (χ2v) is 7.08. The van der Waals surface area contributed by atoms with Crippen molar-refractivity contribution >= 4 is 17.3 Å². The number of nitrogens with zero attached hydrogens (tertiary/aromatic N) is 2. The molecule has 5 nitrogen and oxygen atoms in total. The molecule has 0 spiro atoms. The zero-order valence-corrected chi connectivity index (χ0v) is 16.0. The SMILES string of the molecule is CC(=O)c1c(C)[nH]c(C(=O)[C@@H](C)N2CCN(c3ccccc3)CC2)c1C. The zero-order chi connectivity index (χ0) is 18.8. The van der Waals surface area contributed by atoms with Gasteiger partial charge in [0, 0.05) is 43.1 Å². The highest BCUT2D eigenvalue weighted by molar-refractivity contribution is 6.05. The first-order chi connectivity index (χ1) is 12.4. The lowest BCUT2D eigenvalue weighted by atomic mass is 10.0. The minimum atomic E-state index is -0.204. The van der Waals surface area contributed by atoms with E-state index in [2.05, 4.69) is 39.0 Å². The zero-order valence-electron chi connectivity index (χ0n) is 16.0. The topological polar surface area (TPSA) is 56.4 Å². The maximum Gasteiger partial charge on any atom is 0.196 e. The maximum atomic E-state index is 13.0. The molecule has 0 saturated carbocycles. The van der Waals surface area contributed by atoms with E-state index in [0.717, 1.165) is 37.4 Å². The number of piperazine rings is 1. The average molecular weight is 353 g/mol. The van der Waals surface area contributed by atoms with E-state index in [9.17, 15) is 9.59 Å². The predicted octanol–water partition coefficient (Wildman–Crippen LogP) is 3.23. The number of aromatic amines is 1.